The Balaban J connectivity index is 2.21. The number of carbonyl (C=O) groups excluding carboxylic acids is 1. The summed E-state index contributed by atoms with van der Waals surface area (Å²) >= 11 is 0. The molecule has 0 saturated carbocycles. The number of carbonyl (C=O) groups is 1. The molecule has 0 aromatic rings. The second-order valence-corrected chi connectivity index (χ2v) is 3.18. The summed E-state index contributed by atoms with van der Waals surface area (Å²) in [6.07, 6.45) is 1.11. The summed E-state index contributed by atoms with van der Waals surface area (Å²) in [5, 5.41) is 3.29. The molecule has 0 aliphatic carbocycles. The van der Waals surface area contributed by atoms with Crippen molar-refractivity contribution in [3.63, 3.8) is 0 Å². The van der Waals surface area contributed by atoms with Crippen LogP contribution in [-0.4, -0.2) is 50.2 Å². The molecule has 0 aromatic heterocycles. The van der Waals surface area contributed by atoms with Crippen LogP contribution in [0.3, 0.4) is 0 Å². The maximum Gasteiger partial charge on any atom is 0.320 e. The number of hydrogen-bond donors (Lipinski definition) is 1. The predicted octanol–water partition coefficient (Wildman–Crippen LogP) is -0.155. The summed E-state index contributed by atoms with van der Waals surface area (Å²) in [6, 6.07) is 0. The molecule has 0 aromatic carbocycles. The normalized spacial score (nSPS) is 19.5. The zero-order valence-electron chi connectivity index (χ0n) is 8.21. The first-order valence-corrected chi connectivity index (χ1v) is 4.91. The van der Waals surface area contributed by atoms with Crippen molar-refractivity contribution in [2.45, 2.75) is 13.3 Å². The van der Waals surface area contributed by atoms with Gasteiger partial charge in [-0.3, -0.25) is 9.69 Å². The van der Waals surface area contributed by atoms with E-state index in [-0.39, 0.29) is 5.97 Å². The molecule has 0 atom stereocenters. The quantitative estimate of drug-likeness (QED) is 0.622. The summed E-state index contributed by atoms with van der Waals surface area (Å²) in [5.41, 5.74) is 0. The monoisotopic (exact) mass is 186 g/mol. The van der Waals surface area contributed by atoms with Gasteiger partial charge in [0.2, 0.25) is 0 Å². The fourth-order valence-electron chi connectivity index (χ4n) is 1.45. The van der Waals surface area contributed by atoms with Gasteiger partial charge in [-0.1, -0.05) is 0 Å². The number of ether oxygens (including phenoxy) is 1. The van der Waals surface area contributed by atoms with Crippen molar-refractivity contribution < 1.29 is 9.53 Å². The van der Waals surface area contributed by atoms with Crippen LogP contribution in [-0.2, 0) is 9.53 Å². The third kappa shape index (κ3) is 4.24. The molecule has 1 N–H and O–H groups in total. The first-order chi connectivity index (χ1) is 6.33. The lowest BCUT2D eigenvalue weighted by Gasteiger charge is -2.17. The number of esters is 1. The maximum atomic E-state index is 11.1. The second-order valence-electron chi connectivity index (χ2n) is 3.18. The van der Waals surface area contributed by atoms with E-state index in [1.165, 1.54) is 0 Å². The second kappa shape index (κ2) is 5.94. The van der Waals surface area contributed by atoms with Crippen molar-refractivity contribution in [1.82, 2.24) is 10.2 Å². The van der Waals surface area contributed by atoms with Crippen LogP contribution in [0.4, 0.5) is 0 Å². The Morgan fingerprint density at radius 3 is 3.08 bits per heavy atom. The predicted molar refractivity (Wildman–Crippen MR) is 50.6 cm³/mol. The lowest BCUT2D eigenvalue weighted by atomic mass is 10.4. The lowest BCUT2D eigenvalue weighted by molar-refractivity contribution is -0.144. The molecule has 1 rings (SSSR count). The zero-order valence-corrected chi connectivity index (χ0v) is 8.21. The van der Waals surface area contributed by atoms with Crippen molar-refractivity contribution in [3.8, 4) is 0 Å². The van der Waals surface area contributed by atoms with E-state index in [1.807, 2.05) is 6.92 Å². The van der Waals surface area contributed by atoms with Gasteiger partial charge < -0.3 is 10.1 Å². The minimum absolute atomic E-state index is 0.107. The third-order valence-corrected chi connectivity index (χ3v) is 2.09. The van der Waals surface area contributed by atoms with E-state index in [2.05, 4.69) is 10.2 Å². The average Bonchev–Trinajstić information content (AvgIpc) is 2.33. The highest BCUT2D eigenvalue weighted by molar-refractivity contribution is 5.71. The number of nitrogens with one attached hydrogen (secondary N) is 1. The van der Waals surface area contributed by atoms with E-state index in [0.29, 0.717) is 13.2 Å². The highest BCUT2D eigenvalue weighted by atomic mass is 16.5. The van der Waals surface area contributed by atoms with Crippen LogP contribution in [0.15, 0.2) is 0 Å². The Morgan fingerprint density at radius 1 is 1.46 bits per heavy atom. The van der Waals surface area contributed by atoms with Crippen LogP contribution in [0, 0.1) is 0 Å². The van der Waals surface area contributed by atoms with E-state index < -0.39 is 0 Å². The molecule has 4 heteroatoms. The summed E-state index contributed by atoms with van der Waals surface area (Å²) < 4.78 is 4.88. The van der Waals surface area contributed by atoms with Crippen LogP contribution >= 0.6 is 0 Å². The number of nitrogens with zero attached hydrogens (tertiary/aromatic N) is 1. The fraction of sp³-hybridized carbons (Fsp3) is 0.889. The van der Waals surface area contributed by atoms with E-state index in [0.717, 1.165) is 32.6 Å². The highest BCUT2D eigenvalue weighted by Gasteiger charge is 2.12. The van der Waals surface area contributed by atoms with Gasteiger partial charge in [-0.25, -0.2) is 0 Å². The molecule has 0 bridgehead atoms. The maximum absolute atomic E-state index is 11.1. The molecule has 1 aliphatic heterocycles. The van der Waals surface area contributed by atoms with Crippen LogP contribution in [0.2, 0.25) is 0 Å². The van der Waals surface area contributed by atoms with Crippen molar-refractivity contribution >= 4 is 5.97 Å². The smallest absolute Gasteiger partial charge is 0.320 e. The average molecular weight is 186 g/mol. The molecule has 1 aliphatic rings. The highest BCUT2D eigenvalue weighted by Crippen LogP contribution is 1.95. The van der Waals surface area contributed by atoms with Gasteiger partial charge in [-0.15, -0.1) is 0 Å². The van der Waals surface area contributed by atoms with Gasteiger partial charge in [0.25, 0.3) is 0 Å². The SMILES string of the molecule is CCOC(=O)CN1CCCNCC1. The molecular weight excluding hydrogens is 168 g/mol. The standard InChI is InChI=1S/C9H18N2O2/c1-2-13-9(12)8-11-6-3-4-10-5-7-11/h10H,2-8H2,1H3. The summed E-state index contributed by atoms with van der Waals surface area (Å²) in [7, 11) is 0. The molecule has 1 heterocycles. The van der Waals surface area contributed by atoms with Gasteiger partial charge in [-0.2, -0.15) is 0 Å². The van der Waals surface area contributed by atoms with Gasteiger partial charge >= 0.3 is 5.97 Å². The van der Waals surface area contributed by atoms with Gasteiger partial charge in [0.05, 0.1) is 13.2 Å². The third-order valence-electron chi connectivity index (χ3n) is 2.09. The Hall–Kier alpha value is -0.610. The van der Waals surface area contributed by atoms with E-state index >= 15 is 0 Å². The van der Waals surface area contributed by atoms with E-state index in [9.17, 15) is 4.79 Å². The fourth-order valence-corrected chi connectivity index (χ4v) is 1.45. The Labute approximate surface area is 79.2 Å². The van der Waals surface area contributed by atoms with Gasteiger partial charge in [0.15, 0.2) is 0 Å². The number of hydrogen-bond acceptors (Lipinski definition) is 4. The van der Waals surface area contributed by atoms with E-state index in [1.54, 1.807) is 0 Å². The molecule has 1 saturated heterocycles. The molecule has 1 fully saturated rings. The van der Waals surface area contributed by atoms with Gasteiger partial charge in [0, 0.05) is 13.1 Å². The van der Waals surface area contributed by atoms with E-state index in [4.69, 9.17) is 4.74 Å². The van der Waals surface area contributed by atoms with Crippen LogP contribution in [0.1, 0.15) is 13.3 Å². The molecule has 13 heavy (non-hydrogen) atoms. The van der Waals surface area contributed by atoms with Crippen LogP contribution < -0.4 is 5.32 Å². The van der Waals surface area contributed by atoms with Crippen molar-refractivity contribution in [3.05, 3.63) is 0 Å². The lowest BCUT2D eigenvalue weighted by Crippen LogP contribution is -2.33. The molecule has 76 valence electrons. The van der Waals surface area contributed by atoms with Crippen LogP contribution in [0.5, 0.6) is 0 Å². The molecule has 0 unspecified atom stereocenters. The van der Waals surface area contributed by atoms with Crippen molar-refractivity contribution in [2.24, 2.45) is 0 Å². The molecular formula is C9H18N2O2. The molecule has 0 radical (unpaired) electrons. The Kier molecular flexibility index (Phi) is 4.78. The number of rotatable bonds is 3. The van der Waals surface area contributed by atoms with Gasteiger partial charge in [-0.05, 0) is 26.4 Å². The minimum Gasteiger partial charge on any atom is -0.465 e. The summed E-state index contributed by atoms with van der Waals surface area (Å²) in [4.78, 5) is 13.3. The molecule has 0 amide bonds. The minimum atomic E-state index is -0.107. The van der Waals surface area contributed by atoms with Gasteiger partial charge in [0.1, 0.15) is 0 Å². The first kappa shape index (κ1) is 10.5. The van der Waals surface area contributed by atoms with Crippen molar-refractivity contribution in [2.75, 3.05) is 39.3 Å². The van der Waals surface area contributed by atoms with Crippen molar-refractivity contribution in [1.29, 1.82) is 0 Å². The van der Waals surface area contributed by atoms with Crippen LogP contribution in [0.25, 0.3) is 0 Å². The Morgan fingerprint density at radius 2 is 2.31 bits per heavy atom. The Bertz CT molecular complexity index is 154. The molecule has 0 spiro atoms. The topological polar surface area (TPSA) is 41.6 Å². The summed E-state index contributed by atoms with van der Waals surface area (Å²) in [6.45, 7) is 6.71. The largest absolute Gasteiger partial charge is 0.465 e. The summed E-state index contributed by atoms with van der Waals surface area (Å²) in [5.74, 6) is -0.107. The zero-order chi connectivity index (χ0) is 9.52. The first-order valence-electron chi connectivity index (χ1n) is 4.91. The molecule has 4 nitrogen and oxygen atoms in total.